The van der Waals surface area contributed by atoms with E-state index in [1.807, 2.05) is 42.5 Å². The second-order valence-corrected chi connectivity index (χ2v) is 9.24. The van der Waals surface area contributed by atoms with Crippen LogP contribution in [0.5, 0.6) is 0 Å². The Kier molecular flexibility index (Phi) is 6.81. The predicted octanol–water partition coefficient (Wildman–Crippen LogP) is 8.64. The molecule has 188 valence electrons. The van der Waals surface area contributed by atoms with Crippen molar-refractivity contribution in [3.05, 3.63) is 146 Å². The number of aromatic nitrogens is 1. The minimum atomic E-state index is 0. The molecule has 7 aromatic rings. The molecule has 0 atom stereocenters. The average Bonchev–Trinajstić information content (AvgIpc) is 3.58. The molecule has 1 aliphatic rings. The van der Waals surface area contributed by atoms with Crippen LogP contribution in [0.25, 0.3) is 32.6 Å². The van der Waals surface area contributed by atoms with E-state index in [4.69, 9.17) is 0 Å². The summed E-state index contributed by atoms with van der Waals surface area (Å²) in [6.45, 7) is 0. The van der Waals surface area contributed by atoms with E-state index in [-0.39, 0.29) is 22.4 Å². The van der Waals surface area contributed by atoms with Crippen molar-refractivity contribution in [2.75, 3.05) is 0 Å². The summed E-state index contributed by atoms with van der Waals surface area (Å²) in [5.41, 5.74) is 6.69. The van der Waals surface area contributed by atoms with E-state index in [9.17, 15) is 0 Å². The van der Waals surface area contributed by atoms with Crippen LogP contribution in [0.1, 0.15) is 0 Å². The molecular formula is C35H24AuN3+2. The van der Waals surface area contributed by atoms with E-state index in [2.05, 4.69) is 123 Å². The maximum Gasteiger partial charge on any atom is 1.00 e. The van der Waals surface area contributed by atoms with Crippen molar-refractivity contribution < 1.29 is 22.4 Å². The van der Waals surface area contributed by atoms with Gasteiger partial charge in [-0.2, -0.15) is 0 Å². The molecule has 0 saturated heterocycles. The first kappa shape index (κ1) is 24.8. The minimum Gasteiger partial charge on any atom is -0.657 e. The van der Waals surface area contributed by atoms with Crippen LogP contribution >= 0.6 is 0 Å². The van der Waals surface area contributed by atoms with E-state index >= 15 is 0 Å². The summed E-state index contributed by atoms with van der Waals surface area (Å²) in [6.07, 6.45) is 0. The van der Waals surface area contributed by atoms with Crippen LogP contribution in [0.2, 0.25) is 0 Å². The Labute approximate surface area is 242 Å². The van der Waals surface area contributed by atoms with E-state index in [1.54, 1.807) is 0 Å². The number of hydrogen-bond donors (Lipinski definition) is 0. The van der Waals surface area contributed by atoms with Gasteiger partial charge in [-0.25, -0.2) is 0 Å². The van der Waals surface area contributed by atoms with Gasteiger partial charge >= 0.3 is 28.4 Å². The molecule has 0 spiro atoms. The quantitative estimate of drug-likeness (QED) is 0.132. The van der Waals surface area contributed by atoms with Crippen molar-refractivity contribution in [2.45, 2.75) is 0 Å². The molecule has 39 heavy (non-hydrogen) atoms. The van der Waals surface area contributed by atoms with Gasteiger partial charge in [0.15, 0.2) is 0 Å². The molecule has 6 aromatic carbocycles. The molecule has 3 nitrogen and oxygen atoms in total. The summed E-state index contributed by atoms with van der Waals surface area (Å²) in [5, 5.41) is 5.09. The van der Waals surface area contributed by atoms with Crippen LogP contribution in [0.3, 0.4) is 0 Å². The Morgan fingerprint density at radius 2 is 0.949 bits per heavy atom. The Bertz CT molecular complexity index is 1920. The predicted molar refractivity (Wildman–Crippen MR) is 160 cm³/mol. The standard InChI is InChI=1S/C19H14N2.C16H10N.Au/c1-3-9-16(10-4-1)20-15-21(17-11-5-2-6-12-17)19-14-8-7-13-18(19)20;1-2-6-12-11(5-1)9-10-15-16(12)13-7-3-4-8-14(13)17-15;/h1-14H;1-10H;/q+2;-1;+1. The van der Waals surface area contributed by atoms with Crippen molar-refractivity contribution in [2.24, 2.45) is 0 Å². The second kappa shape index (κ2) is 10.7. The summed E-state index contributed by atoms with van der Waals surface area (Å²) in [5.74, 6) is 0. The number of para-hydroxylation sites is 5. The summed E-state index contributed by atoms with van der Waals surface area (Å²) in [4.78, 5) is 4.67. The minimum absolute atomic E-state index is 0. The van der Waals surface area contributed by atoms with Crippen molar-refractivity contribution >= 4 is 61.3 Å². The maximum atomic E-state index is 4.67. The third kappa shape index (κ3) is 4.55. The van der Waals surface area contributed by atoms with Gasteiger partial charge in [-0.05, 0) is 30.7 Å². The summed E-state index contributed by atoms with van der Waals surface area (Å²) in [7, 11) is 0. The normalized spacial score (nSPS) is 11.8. The molecule has 0 radical (unpaired) electrons. The molecule has 4 heteroatoms. The van der Waals surface area contributed by atoms with Gasteiger partial charge in [-0.15, -0.1) is 11.0 Å². The maximum absolute atomic E-state index is 4.67. The monoisotopic (exact) mass is 683 g/mol. The number of rotatable bonds is 2. The topological polar surface area (TPSA) is 20.1 Å². The van der Waals surface area contributed by atoms with E-state index < -0.39 is 0 Å². The molecule has 1 aliphatic heterocycles. The summed E-state index contributed by atoms with van der Waals surface area (Å²) in [6, 6.07) is 53.5. The number of fused-ring (bicyclic) bond motifs is 6. The molecule has 0 unspecified atom stereocenters. The van der Waals surface area contributed by atoms with Gasteiger partial charge in [0, 0.05) is 36.4 Å². The van der Waals surface area contributed by atoms with Crippen molar-refractivity contribution in [1.82, 2.24) is 14.1 Å². The fourth-order valence-electron chi connectivity index (χ4n) is 5.15. The van der Waals surface area contributed by atoms with Crippen LogP contribution in [-0.2, 0) is 22.4 Å². The molecule has 0 aliphatic carbocycles. The molecular weight excluding hydrogens is 659 g/mol. The van der Waals surface area contributed by atoms with Crippen LogP contribution in [0.4, 0.5) is 22.7 Å². The van der Waals surface area contributed by atoms with Crippen molar-refractivity contribution in [3.63, 3.8) is 0 Å². The summed E-state index contributed by atoms with van der Waals surface area (Å²) >= 11 is 0. The SMILES string of the molecule is C1=[N+](c2ccccc2)c2ccccc2[N+]=1c1ccccc1.[Au+].c1ccc2c(c1)ccc1[n-]c3ccccc3c12. The van der Waals surface area contributed by atoms with Crippen LogP contribution in [0.15, 0.2) is 146 Å². The van der Waals surface area contributed by atoms with Gasteiger partial charge < -0.3 is 4.98 Å². The Morgan fingerprint density at radius 1 is 0.436 bits per heavy atom. The molecule has 0 bridgehead atoms. The fourth-order valence-corrected chi connectivity index (χ4v) is 5.15. The van der Waals surface area contributed by atoms with Crippen molar-refractivity contribution in [3.8, 4) is 0 Å². The zero-order valence-electron chi connectivity index (χ0n) is 21.0. The first-order chi connectivity index (χ1) is 18.9. The van der Waals surface area contributed by atoms with E-state index in [1.165, 1.54) is 21.5 Å². The Balaban J connectivity index is 0.000000141. The zero-order chi connectivity index (χ0) is 25.3. The number of benzene rings is 6. The van der Waals surface area contributed by atoms with Gasteiger partial charge in [-0.1, -0.05) is 109 Å². The summed E-state index contributed by atoms with van der Waals surface area (Å²) < 4.78 is 4.20. The largest absolute Gasteiger partial charge is 1.00 e. The number of nitrogens with zero attached hydrogens (tertiary/aromatic N) is 3. The zero-order valence-corrected chi connectivity index (χ0v) is 23.2. The molecule has 0 N–H and O–H groups in total. The van der Waals surface area contributed by atoms with Gasteiger partial charge in [0.25, 0.3) is 11.4 Å². The van der Waals surface area contributed by atoms with Crippen LogP contribution in [0, 0.1) is 0 Å². The first-order valence-corrected chi connectivity index (χ1v) is 12.8. The average molecular weight is 684 g/mol. The second-order valence-electron chi connectivity index (χ2n) is 9.24. The van der Waals surface area contributed by atoms with E-state index in [0.29, 0.717) is 0 Å². The molecule has 2 heterocycles. The first-order valence-electron chi connectivity index (χ1n) is 12.8. The molecule has 0 saturated carbocycles. The smallest absolute Gasteiger partial charge is 0.657 e. The van der Waals surface area contributed by atoms with Gasteiger partial charge in [0.05, 0.1) is 0 Å². The van der Waals surface area contributed by atoms with Gasteiger partial charge in [-0.3, -0.25) is 0 Å². The Morgan fingerprint density at radius 3 is 1.59 bits per heavy atom. The van der Waals surface area contributed by atoms with Crippen molar-refractivity contribution in [1.29, 1.82) is 0 Å². The van der Waals surface area contributed by atoms with Crippen LogP contribution in [-0.4, -0.2) is 6.01 Å². The Hall–Kier alpha value is -4.50. The van der Waals surface area contributed by atoms with Gasteiger partial charge in [0.1, 0.15) is 0 Å². The van der Waals surface area contributed by atoms with Gasteiger partial charge in [0.2, 0.25) is 11.4 Å². The molecule has 1 aromatic heterocycles. The molecule has 0 fully saturated rings. The third-order valence-corrected chi connectivity index (χ3v) is 6.91. The molecule has 8 rings (SSSR count). The van der Waals surface area contributed by atoms with E-state index in [0.717, 1.165) is 33.8 Å². The third-order valence-electron chi connectivity index (χ3n) is 6.91. The van der Waals surface area contributed by atoms with Crippen LogP contribution < -0.4 is 14.1 Å². The number of hydrogen-bond acceptors (Lipinski definition) is 0. The fraction of sp³-hybridized carbons (Fsp3) is 0. The molecule has 0 amide bonds.